The summed E-state index contributed by atoms with van der Waals surface area (Å²) in [5.74, 6) is 0. The first kappa shape index (κ1) is 7.24. The molecule has 2 N–H and O–H groups in total. The lowest BCUT2D eigenvalue weighted by molar-refractivity contribution is 0.931. The van der Waals surface area contributed by atoms with Crippen LogP contribution in [0.25, 0.3) is 11.2 Å². The number of nitrogens with zero attached hydrogens (tertiary/aromatic N) is 3. The summed E-state index contributed by atoms with van der Waals surface area (Å²) >= 11 is 0. The molecule has 0 amide bonds. The van der Waals surface area contributed by atoms with Crippen LogP contribution in [0.4, 0.5) is 0 Å². The molecule has 0 radical (unpaired) electrons. The lowest BCUT2D eigenvalue weighted by atomic mass is 10.4. The molecule has 0 bridgehead atoms. The molecule has 0 saturated heterocycles. The van der Waals surface area contributed by atoms with Crippen molar-refractivity contribution in [2.45, 2.75) is 6.54 Å². The topological polar surface area (TPSA) is 56.7 Å². The molecule has 0 unspecified atom stereocenters. The Hall–Kier alpha value is -1.42. The van der Waals surface area contributed by atoms with Crippen molar-refractivity contribution in [2.24, 2.45) is 12.8 Å². The molecule has 0 aromatic carbocycles. The number of hydrogen-bond donors (Lipinski definition) is 1. The van der Waals surface area contributed by atoms with Crippen molar-refractivity contribution < 1.29 is 0 Å². The molecule has 62 valence electrons. The summed E-state index contributed by atoms with van der Waals surface area (Å²) < 4.78 is 1.93. The van der Waals surface area contributed by atoms with Gasteiger partial charge < -0.3 is 10.3 Å². The van der Waals surface area contributed by atoms with Crippen molar-refractivity contribution in [1.82, 2.24) is 14.5 Å². The summed E-state index contributed by atoms with van der Waals surface area (Å²) in [5.41, 5.74) is 8.06. The van der Waals surface area contributed by atoms with E-state index in [2.05, 4.69) is 9.97 Å². The SMILES string of the molecule is Cn1ccc2nc(CN)cnc21. The van der Waals surface area contributed by atoms with Crippen LogP contribution < -0.4 is 5.73 Å². The first-order valence-electron chi connectivity index (χ1n) is 3.78. The van der Waals surface area contributed by atoms with Crippen molar-refractivity contribution in [3.05, 3.63) is 24.2 Å². The Bertz CT molecular complexity index is 404. The number of aromatic nitrogens is 3. The normalized spacial score (nSPS) is 10.8. The molecule has 0 atom stereocenters. The highest BCUT2D eigenvalue weighted by atomic mass is 15.0. The summed E-state index contributed by atoms with van der Waals surface area (Å²) in [5, 5.41) is 0. The molecule has 2 aromatic rings. The maximum atomic E-state index is 5.44. The number of fused-ring (bicyclic) bond motifs is 1. The van der Waals surface area contributed by atoms with Gasteiger partial charge >= 0.3 is 0 Å². The van der Waals surface area contributed by atoms with E-state index in [0.717, 1.165) is 16.9 Å². The van der Waals surface area contributed by atoms with Gasteiger partial charge in [-0.1, -0.05) is 0 Å². The van der Waals surface area contributed by atoms with Gasteiger partial charge in [-0.05, 0) is 6.07 Å². The van der Waals surface area contributed by atoms with Gasteiger partial charge in [0.1, 0.15) is 5.52 Å². The van der Waals surface area contributed by atoms with Crippen LogP contribution in [0, 0.1) is 0 Å². The standard InChI is InChI=1S/C8H10N4/c1-12-3-2-7-8(12)10-5-6(4-9)11-7/h2-3,5H,4,9H2,1H3. The smallest absolute Gasteiger partial charge is 0.158 e. The van der Waals surface area contributed by atoms with E-state index in [9.17, 15) is 0 Å². The van der Waals surface area contributed by atoms with Gasteiger partial charge in [0.2, 0.25) is 0 Å². The first-order valence-corrected chi connectivity index (χ1v) is 3.78. The van der Waals surface area contributed by atoms with E-state index in [1.54, 1.807) is 6.20 Å². The molecular formula is C8H10N4. The van der Waals surface area contributed by atoms with E-state index in [-0.39, 0.29) is 0 Å². The Labute approximate surface area is 70.0 Å². The van der Waals surface area contributed by atoms with Gasteiger partial charge in [0.05, 0.1) is 11.9 Å². The van der Waals surface area contributed by atoms with Crippen molar-refractivity contribution in [2.75, 3.05) is 0 Å². The summed E-state index contributed by atoms with van der Waals surface area (Å²) in [6.07, 6.45) is 3.65. The van der Waals surface area contributed by atoms with Gasteiger partial charge in [-0.3, -0.25) is 0 Å². The fraction of sp³-hybridized carbons (Fsp3) is 0.250. The van der Waals surface area contributed by atoms with Gasteiger partial charge in [-0.2, -0.15) is 0 Å². The third kappa shape index (κ3) is 0.967. The van der Waals surface area contributed by atoms with Gasteiger partial charge in [0, 0.05) is 19.8 Å². The average molecular weight is 162 g/mol. The molecule has 0 fully saturated rings. The molecule has 0 aliphatic carbocycles. The fourth-order valence-corrected chi connectivity index (χ4v) is 1.17. The van der Waals surface area contributed by atoms with Crippen LogP contribution in [0.5, 0.6) is 0 Å². The summed E-state index contributed by atoms with van der Waals surface area (Å²) in [6, 6.07) is 1.93. The summed E-state index contributed by atoms with van der Waals surface area (Å²) in [4.78, 5) is 8.54. The molecule has 2 aromatic heterocycles. The second-order valence-electron chi connectivity index (χ2n) is 2.70. The monoisotopic (exact) mass is 162 g/mol. The highest BCUT2D eigenvalue weighted by molar-refractivity contribution is 5.70. The lowest BCUT2D eigenvalue weighted by Gasteiger charge is -1.96. The Morgan fingerprint density at radius 3 is 3.17 bits per heavy atom. The molecule has 0 spiro atoms. The van der Waals surface area contributed by atoms with Gasteiger partial charge in [-0.25, -0.2) is 9.97 Å². The van der Waals surface area contributed by atoms with E-state index in [1.165, 1.54) is 0 Å². The second kappa shape index (κ2) is 2.57. The highest BCUT2D eigenvalue weighted by Gasteiger charge is 2.00. The largest absolute Gasteiger partial charge is 0.334 e. The van der Waals surface area contributed by atoms with E-state index < -0.39 is 0 Å². The van der Waals surface area contributed by atoms with E-state index in [1.807, 2.05) is 23.9 Å². The zero-order valence-corrected chi connectivity index (χ0v) is 6.86. The second-order valence-corrected chi connectivity index (χ2v) is 2.70. The van der Waals surface area contributed by atoms with Crippen molar-refractivity contribution >= 4 is 11.2 Å². The first-order chi connectivity index (χ1) is 5.81. The van der Waals surface area contributed by atoms with Crippen molar-refractivity contribution in [1.29, 1.82) is 0 Å². The van der Waals surface area contributed by atoms with Crippen LogP contribution in [0.2, 0.25) is 0 Å². The maximum absolute atomic E-state index is 5.44. The molecule has 2 rings (SSSR count). The zero-order chi connectivity index (χ0) is 8.55. The van der Waals surface area contributed by atoms with E-state index in [0.29, 0.717) is 6.54 Å². The molecule has 0 aliphatic heterocycles. The van der Waals surface area contributed by atoms with Crippen molar-refractivity contribution in [3.63, 3.8) is 0 Å². The fourth-order valence-electron chi connectivity index (χ4n) is 1.17. The minimum absolute atomic E-state index is 0.442. The third-order valence-electron chi connectivity index (χ3n) is 1.83. The van der Waals surface area contributed by atoms with Crippen LogP contribution in [-0.2, 0) is 13.6 Å². The predicted molar refractivity (Wildman–Crippen MR) is 46.4 cm³/mol. The highest BCUT2D eigenvalue weighted by Crippen LogP contribution is 2.08. The Balaban J connectivity index is 2.69. The summed E-state index contributed by atoms with van der Waals surface area (Å²) in [7, 11) is 1.94. The molecule has 0 aliphatic rings. The maximum Gasteiger partial charge on any atom is 0.158 e. The minimum Gasteiger partial charge on any atom is -0.334 e. The predicted octanol–water partition coefficient (Wildman–Crippen LogP) is 0.427. The van der Waals surface area contributed by atoms with Gasteiger partial charge in [0.15, 0.2) is 5.65 Å². The van der Waals surface area contributed by atoms with Crippen LogP contribution in [0.1, 0.15) is 5.69 Å². The number of rotatable bonds is 1. The van der Waals surface area contributed by atoms with E-state index >= 15 is 0 Å². The zero-order valence-electron chi connectivity index (χ0n) is 6.86. The van der Waals surface area contributed by atoms with Crippen LogP contribution in [-0.4, -0.2) is 14.5 Å². The molecule has 4 heteroatoms. The summed E-state index contributed by atoms with van der Waals surface area (Å²) in [6.45, 7) is 0.442. The third-order valence-corrected chi connectivity index (χ3v) is 1.83. The van der Waals surface area contributed by atoms with E-state index in [4.69, 9.17) is 5.73 Å². The molecule has 2 heterocycles. The number of hydrogen-bond acceptors (Lipinski definition) is 3. The minimum atomic E-state index is 0.442. The number of nitrogens with two attached hydrogens (primary N) is 1. The lowest BCUT2D eigenvalue weighted by Crippen LogP contribution is -2.00. The Morgan fingerprint density at radius 1 is 1.58 bits per heavy atom. The van der Waals surface area contributed by atoms with Crippen LogP contribution in [0.15, 0.2) is 18.5 Å². The molecule has 12 heavy (non-hydrogen) atoms. The van der Waals surface area contributed by atoms with Crippen LogP contribution in [0.3, 0.4) is 0 Å². The molecular weight excluding hydrogens is 152 g/mol. The Kier molecular flexibility index (Phi) is 1.55. The Morgan fingerprint density at radius 2 is 2.42 bits per heavy atom. The number of aryl methyl sites for hydroxylation is 1. The molecule has 4 nitrogen and oxygen atoms in total. The quantitative estimate of drug-likeness (QED) is 0.661. The van der Waals surface area contributed by atoms with Crippen LogP contribution >= 0.6 is 0 Å². The molecule has 0 saturated carbocycles. The van der Waals surface area contributed by atoms with Gasteiger partial charge in [-0.15, -0.1) is 0 Å². The van der Waals surface area contributed by atoms with Gasteiger partial charge in [0.25, 0.3) is 0 Å². The average Bonchev–Trinajstić information content (AvgIpc) is 2.47. The van der Waals surface area contributed by atoms with Crippen molar-refractivity contribution in [3.8, 4) is 0 Å².